The molecule has 1 aliphatic heterocycles. The zero-order chi connectivity index (χ0) is 25.2. The van der Waals surface area contributed by atoms with Crippen molar-refractivity contribution in [2.75, 3.05) is 6.54 Å². The van der Waals surface area contributed by atoms with Gasteiger partial charge in [0, 0.05) is 17.9 Å². The summed E-state index contributed by atoms with van der Waals surface area (Å²) in [5.41, 5.74) is 1.10. The minimum Gasteiger partial charge on any atom is -0.478 e. The molecule has 0 bridgehead atoms. The Kier molecular flexibility index (Phi) is 7.79. The van der Waals surface area contributed by atoms with Crippen LogP contribution in [-0.2, 0) is 21.4 Å². The monoisotopic (exact) mass is 501 g/mol. The van der Waals surface area contributed by atoms with Gasteiger partial charge in [0.25, 0.3) is 0 Å². The molecule has 0 aromatic heterocycles. The van der Waals surface area contributed by atoms with E-state index in [0.29, 0.717) is 23.5 Å². The summed E-state index contributed by atoms with van der Waals surface area (Å²) in [7, 11) is 0. The second-order valence-corrected chi connectivity index (χ2v) is 9.62. The molecule has 0 unspecified atom stereocenters. The van der Waals surface area contributed by atoms with Gasteiger partial charge >= 0.3 is 11.9 Å². The van der Waals surface area contributed by atoms with E-state index in [2.05, 4.69) is 0 Å². The van der Waals surface area contributed by atoms with E-state index in [9.17, 15) is 19.8 Å². The maximum atomic E-state index is 12.8. The molecule has 5 nitrogen and oxygen atoms in total. The van der Waals surface area contributed by atoms with Crippen molar-refractivity contribution in [3.63, 3.8) is 0 Å². The quantitative estimate of drug-likeness (QED) is 0.428. The lowest BCUT2D eigenvalue weighted by molar-refractivity contribution is -0.135. The number of aryl methyl sites for hydroxylation is 1. The van der Waals surface area contributed by atoms with Crippen LogP contribution in [0, 0.1) is 5.92 Å². The number of carboxylic acid groups (broad SMARTS) is 2. The number of allylic oxidation sites excluding steroid dienone is 2. The first kappa shape index (κ1) is 25.9. The molecule has 2 N–H and O–H groups in total. The Morgan fingerprint density at radius 2 is 1.47 bits per heavy atom. The Bertz CT molecular complexity index is 1130. The van der Waals surface area contributed by atoms with E-state index >= 15 is 0 Å². The molecule has 0 atom stereocenters. The molecule has 180 valence electrons. The molecule has 0 amide bonds. The van der Waals surface area contributed by atoms with Gasteiger partial charge in [-0.1, -0.05) is 79.5 Å². The van der Waals surface area contributed by atoms with E-state index < -0.39 is 23.3 Å². The zero-order valence-electron chi connectivity index (χ0n) is 19.7. The third-order valence-electron chi connectivity index (χ3n) is 6.68. The molecule has 1 heterocycles. The highest BCUT2D eigenvalue weighted by atomic mass is 35.5. The summed E-state index contributed by atoms with van der Waals surface area (Å²) in [6, 6.07) is 14.9. The first-order chi connectivity index (χ1) is 16.0. The number of hydrogen-bond acceptors (Lipinski definition) is 3. The highest BCUT2D eigenvalue weighted by molar-refractivity contribution is 6.42. The standard InChI is InChI=1S/C27H29Cl2NO4/c1-16(2)27(20-13-8-14-21(28)24(20)29)22(25(31)32)17(3)30(18(4)23(27)26(33)34)15-9-12-19-10-6-5-7-11-19/h5-8,10-11,13-14,16H,9,12,15H2,1-4H3,(H,31,32)(H,33,34). The number of nitrogens with zero attached hydrogens (tertiary/aromatic N) is 1. The van der Waals surface area contributed by atoms with Crippen LogP contribution in [0.25, 0.3) is 0 Å². The van der Waals surface area contributed by atoms with Crippen LogP contribution in [0.1, 0.15) is 45.2 Å². The summed E-state index contributed by atoms with van der Waals surface area (Å²) in [5.74, 6) is -2.79. The lowest BCUT2D eigenvalue weighted by Gasteiger charge is -2.47. The van der Waals surface area contributed by atoms with Crippen LogP contribution in [0.4, 0.5) is 0 Å². The van der Waals surface area contributed by atoms with Gasteiger partial charge in [0.05, 0.1) is 26.6 Å². The van der Waals surface area contributed by atoms with Crippen LogP contribution in [0.3, 0.4) is 0 Å². The highest BCUT2D eigenvalue weighted by Crippen LogP contribution is 2.54. The Labute approximate surface area is 210 Å². The maximum absolute atomic E-state index is 12.8. The molecule has 0 saturated carbocycles. The van der Waals surface area contributed by atoms with Crippen LogP contribution < -0.4 is 0 Å². The van der Waals surface area contributed by atoms with Crippen molar-refractivity contribution in [1.82, 2.24) is 4.90 Å². The van der Waals surface area contributed by atoms with Gasteiger partial charge in [0.15, 0.2) is 0 Å². The summed E-state index contributed by atoms with van der Waals surface area (Å²) in [6.45, 7) is 7.59. The molecule has 3 rings (SSSR count). The third kappa shape index (κ3) is 4.35. The topological polar surface area (TPSA) is 77.8 Å². The molecule has 2 aromatic carbocycles. The van der Waals surface area contributed by atoms with E-state index in [1.807, 2.05) is 49.1 Å². The first-order valence-electron chi connectivity index (χ1n) is 11.2. The molecule has 2 aromatic rings. The number of halogens is 2. The van der Waals surface area contributed by atoms with Crippen LogP contribution in [0.5, 0.6) is 0 Å². The maximum Gasteiger partial charge on any atom is 0.334 e. The molecule has 1 aliphatic rings. The second kappa shape index (κ2) is 10.2. The highest BCUT2D eigenvalue weighted by Gasteiger charge is 2.54. The smallest absolute Gasteiger partial charge is 0.334 e. The molecule has 0 radical (unpaired) electrons. The number of rotatable bonds is 8. The number of carboxylic acids is 2. The van der Waals surface area contributed by atoms with Crippen molar-refractivity contribution in [1.29, 1.82) is 0 Å². The van der Waals surface area contributed by atoms with Gasteiger partial charge in [-0.25, -0.2) is 9.59 Å². The van der Waals surface area contributed by atoms with Gasteiger partial charge in [0.2, 0.25) is 0 Å². The van der Waals surface area contributed by atoms with E-state index in [-0.39, 0.29) is 21.2 Å². The summed E-state index contributed by atoms with van der Waals surface area (Å²) in [4.78, 5) is 27.4. The van der Waals surface area contributed by atoms with Crippen molar-refractivity contribution in [3.05, 3.63) is 92.2 Å². The normalized spacial score (nSPS) is 15.8. The van der Waals surface area contributed by atoms with E-state index in [1.165, 1.54) is 5.56 Å². The van der Waals surface area contributed by atoms with E-state index in [4.69, 9.17) is 23.2 Å². The Morgan fingerprint density at radius 3 is 1.97 bits per heavy atom. The molecule has 0 saturated heterocycles. The largest absolute Gasteiger partial charge is 0.478 e. The van der Waals surface area contributed by atoms with Gasteiger partial charge in [-0.15, -0.1) is 0 Å². The lowest BCUT2D eigenvalue weighted by Crippen LogP contribution is -2.49. The summed E-state index contributed by atoms with van der Waals surface area (Å²) in [5, 5.41) is 21.3. The lowest BCUT2D eigenvalue weighted by atomic mass is 9.59. The number of aliphatic carboxylic acids is 2. The Hall–Kier alpha value is -2.76. The van der Waals surface area contributed by atoms with Gasteiger partial charge < -0.3 is 15.1 Å². The molecule has 0 spiro atoms. The van der Waals surface area contributed by atoms with E-state index in [1.54, 1.807) is 32.0 Å². The van der Waals surface area contributed by atoms with Gasteiger partial charge in [-0.05, 0) is 49.8 Å². The van der Waals surface area contributed by atoms with Gasteiger partial charge in [-0.2, -0.15) is 0 Å². The Morgan fingerprint density at radius 1 is 0.912 bits per heavy atom. The fourth-order valence-corrected chi connectivity index (χ4v) is 5.70. The van der Waals surface area contributed by atoms with Crippen LogP contribution in [0.15, 0.2) is 71.1 Å². The molecule has 0 fully saturated rings. The van der Waals surface area contributed by atoms with Crippen molar-refractivity contribution in [3.8, 4) is 0 Å². The number of hydrogen-bond donors (Lipinski definition) is 2. The Balaban J connectivity index is 2.23. The van der Waals surface area contributed by atoms with Crippen LogP contribution >= 0.6 is 23.2 Å². The fourth-order valence-electron chi connectivity index (χ4n) is 5.25. The molecule has 34 heavy (non-hydrogen) atoms. The van der Waals surface area contributed by atoms with Gasteiger partial charge in [-0.3, -0.25) is 0 Å². The minimum atomic E-state index is -1.48. The molecule has 0 aliphatic carbocycles. The molecular formula is C27H29Cl2NO4. The van der Waals surface area contributed by atoms with Crippen molar-refractivity contribution >= 4 is 35.1 Å². The zero-order valence-corrected chi connectivity index (χ0v) is 21.2. The molecule has 7 heteroatoms. The van der Waals surface area contributed by atoms with Crippen LogP contribution in [0.2, 0.25) is 10.0 Å². The third-order valence-corrected chi connectivity index (χ3v) is 7.50. The van der Waals surface area contributed by atoms with Crippen LogP contribution in [-0.4, -0.2) is 33.6 Å². The summed E-state index contributed by atoms with van der Waals surface area (Å²) in [6.07, 6.45) is 1.52. The average molecular weight is 502 g/mol. The minimum absolute atomic E-state index is 0.00868. The SMILES string of the molecule is CC1=C(C(=O)O)C(c2cccc(Cl)c2Cl)(C(C)C)C(C(=O)O)=C(C)N1CCCc1ccccc1. The average Bonchev–Trinajstić information content (AvgIpc) is 2.77. The second-order valence-electron chi connectivity index (χ2n) is 8.84. The van der Waals surface area contributed by atoms with Gasteiger partial charge in [0.1, 0.15) is 0 Å². The predicted octanol–water partition coefficient (Wildman–Crippen LogP) is 6.55. The predicted molar refractivity (Wildman–Crippen MR) is 135 cm³/mol. The molecular weight excluding hydrogens is 473 g/mol. The van der Waals surface area contributed by atoms with Crippen molar-refractivity contribution in [2.24, 2.45) is 5.92 Å². The number of benzene rings is 2. The fraction of sp³-hybridized carbons (Fsp3) is 0.333. The summed E-state index contributed by atoms with van der Waals surface area (Å²) >= 11 is 12.9. The van der Waals surface area contributed by atoms with Crippen molar-refractivity contribution < 1.29 is 19.8 Å². The number of carbonyl (C=O) groups is 2. The van der Waals surface area contributed by atoms with Crippen molar-refractivity contribution in [2.45, 2.75) is 46.0 Å². The summed E-state index contributed by atoms with van der Waals surface area (Å²) < 4.78 is 0. The first-order valence-corrected chi connectivity index (χ1v) is 12.0. The van der Waals surface area contributed by atoms with E-state index in [0.717, 1.165) is 12.8 Å².